The zero-order valence-corrected chi connectivity index (χ0v) is 14.7. The van der Waals surface area contributed by atoms with E-state index in [1.807, 2.05) is 37.3 Å². The van der Waals surface area contributed by atoms with E-state index in [0.717, 1.165) is 12.1 Å². The fourth-order valence-corrected chi connectivity index (χ4v) is 2.26. The van der Waals surface area contributed by atoms with Crippen molar-refractivity contribution in [1.82, 2.24) is 9.78 Å². The standard InChI is InChI=1S/C20H18FN3O3/c1-2-12-26-19-13-16(14-22-24(19)17-6-4-3-5-7-17)23-20(25)27-18-10-8-15(21)9-11-18/h3-11,13-14H,2,12H2,1H3/b23-16+. The maximum atomic E-state index is 12.9. The molecule has 1 aromatic heterocycles. The van der Waals surface area contributed by atoms with Gasteiger partial charge in [0.25, 0.3) is 0 Å². The summed E-state index contributed by atoms with van der Waals surface area (Å²) in [6.07, 6.45) is 1.43. The largest absolute Gasteiger partial charge is 0.478 e. The molecule has 0 unspecified atom stereocenters. The van der Waals surface area contributed by atoms with Gasteiger partial charge in [-0.1, -0.05) is 25.1 Å². The SMILES string of the molecule is CCCOc1c/c(=N\C(=O)Oc2ccc(F)cc2)cnn1-c1ccccc1. The lowest BCUT2D eigenvalue weighted by Crippen LogP contribution is -2.16. The minimum atomic E-state index is -0.831. The topological polar surface area (TPSA) is 65.7 Å². The van der Waals surface area contributed by atoms with Crippen molar-refractivity contribution in [3.8, 4) is 17.3 Å². The molecule has 0 aliphatic rings. The molecule has 0 radical (unpaired) electrons. The average Bonchev–Trinajstić information content (AvgIpc) is 2.69. The lowest BCUT2D eigenvalue weighted by atomic mass is 10.3. The first kappa shape index (κ1) is 18.3. The van der Waals surface area contributed by atoms with Crippen LogP contribution in [-0.4, -0.2) is 22.5 Å². The van der Waals surface area contributed by atoms with E-state index in [0.29, 0.717) is 17.8 Å². The van der Waals surface area contributed by atoms with Crippen LogP contribution < -0.4 is 14.8 Å². The zero-order valence-electron chi connectivity index (χ0n) is 14.7. The Kier molecular flexibility index (Phi) is 5.94. The molecule has 0 spiro atoms. The molecular weight excluding hydrogens is 349 g/mol. The number of benzene rings is 2. The minimum Gasteiger partial charge on any atom is -0.478 e. The Morgan fingerprint density at radius 1 is 1.15 bits per heavy atom. The molecule has 3 rings (SSSR count). The van der Waals surface area contributed by atoms with Gasteiger partial charge in [-0.05, 0) is 42.8 Å². The number of amides is 1. The fraction of sp³-hybridized carbons (Fsp3) is 0.150. The molecule has 138 valence electrons. The Balaban J connectivity index is 1.87. The minimum absolute atomic E-state index is 0.204. The summed E-state index contributed by atoms with van der Waals surface area (Å²) in [6.45, 7) is 2.49. The number of nitrogens with zero attached hydrogens (tertiary/aromatic N) is 3. The van der Waals surface area contributed by atoms with Crippen molar-refractivity contribution in [2.24, 2.45) is 4.99 Å². The lowest BCUT2D eigenvalue weighted by molar-refractivity contribution is 0.210. The van der Waals surface area contributed by atoms with E-state index in [1.54, 1.807) is 10.7 Å². The van der Waals surface area contributed by atoms with Gasteiger partial charge in [0.2, 0.25) is 5.88 Å². The summed E-state index contributed by atoms with van der Waals surface area (Å²) in [4.78, 5) is 15.9. The Morgan fingerprint density at radius 3 is 2.59 bits per heavy atom. The zero-order chi connectivity index (χ0) is 19.1. The van der Waals surface area contributed by atoms with Crippen molar-refractivity contribution in [3.05, 3.63) is 78.0 Å². The van der Waals surface area contributed by atoms with Crippen molar-refractivity contribution < 1.29 is 18.7 Å². The second-order valence-electron chi connectivity index (χ2n) is 5.58. The molecule has 0 fully saturated rings. The van der Waals surface area contributed by atoms with E-state index in [2.05, 4.69) is 10.1 Å². The molecule has 0 saturated carbocycles. The molecule has 1 heterocycles. The third-order valence-corrected chi connectivity index (χ3v) is 3.48. The second-order valence-corrected chi connectivity index (χ2v) is 5.58. The van der Waals surface area contributed by atoms with Crippen LogP contribution in [0.3, 0.4) is 0 Å². The Bertz CT molecular complexity index is 970. The highest BCUT2D eigenvalue weighted by Gasteiger charge is 2.07. The quantitative estimate of drug-likeness (QED) is 0.686. The molecule has 0 bridgehead atoms. The molecule has 0 aliphatic heterocycles. The first-order valence-corrected chi connectivity index (χ1v) is 8.45. The van der Waals surface area contributed by atoms with E-state index in [-0.39, 0.29) is 5.75 Å². The van der Waals surface area contributed by atoms with E-state index < -0.39 is 11.9 Å². The van der Waals surface area contributed by atoms with Crippen LogP contribution in [0.2, 0.25) is 0 Å². The number of carbonyl (C=O) groups is 1. The number of ether oxygens (including phenoxy) is 2. The molecule has 0 N–H and O–H groups in total. The second kappa shape index (κ2) is 8.75. The summed E-state index contributed by atoms with van der Waals surface area (Å²) in [7, 11) is 0. The molecule has 2 aromatic carbocycles. The van der Waals surface area contributed by atoms with E-state index in [4.69, 9.17) is 9.47 Å². The van der Waals surface area contributed by atoms with E-state index >= 15 is 0 Å². The molecule has 0 atom stereocenters. The number of para-hydroxylation sites is 1. The van der Waals surface area contributed by atoms with Gasteiger partial charge in [-0.3, -0.25) is 0 Å². The predicted octanol–water partition coefficient (Wildman–Crippen LogP) is 3.90. The first-order valence-electron chi connectivity index (χ1n) is 8.45. The monoisotopic (exact) mass is 367 g/mol. The van der Waals surface area contributed by atoms with Crippen molar-refractivity contribution in [1.29, 1.82) is 0 Å². The Labute approximate surface area is 155 Å². The predicted molar refractivity (Wildman–Crippen MR) is 97.3 cm³/mol. The summed E-state index contributed by atoms with van der Waals surface area (Å²) in [5, 5.41) is 4.61. The highest BCUT2D eigenvalue weighted by Crippen LogP contribution is 2.15. The van der Waals surface area contributed by atoms with Crippen molar-refractivity contribution in [2.45, 2.75) is 13.3 Å². The van der Waals surface area contributed by atoms with E-state index in [1.165, 1.54) is 30.5 Å². The molecule has 0 saturated heterocycles. The molecule has 0 aliphatic carbocycles. The van der Waals surface area contributed by atoms with Crippen molar-refractivity contribution >= 4 is 6.09 Å². The van der Waals surface area contributed by atoms with Gasteiger partial charge in [0, 0.05) is 6.07 Å². The van der Waals surface area contributed by atoms with Crippen LogP contribution in [0.15, 0.2) is 71.9 Å². The van der Waals surface area contributed by atoms with Crippen LogP contribution in [-0.2, 0) is 0 Å². The third kappa shape index (κ3) is 5.01. The van der Waals surface area contributed by atoms with Crippen LogP contribution in [0.1, 0.15) is 13.3 Å². The fourth-order valence-electron chi connectivity index (χ4n) is 2.26. The van der Waals surface area contributed by atoms with Crippen molar-refractivity contribution in [3.63, 3.8) is 0 Å². The van der Waals surface area contributed by atoms with Crippen LogP contribution in [0, 0.1) is 5.82 Å². The van der Waals surface area contributed by atoms with Gasteiger partial charge >= 0.3 is 6.09 Å². The van der Waals surface area contributed by atoms with Crippen molar-refractivity contribution in [2.75, 3.05) is 6.61 Å². The smallest absolute Gasteiger partial charge is 0.439 e. The number of rotatable bonds is 5. The number of carbonyl (C=O) groups excluding carboxylic acids is 1. The summed E-state index contributed by atoms with van der Waals surface area (Å²) in [6, 6.07) is 16.2. The molecule has 1 amide bonds. The number of hydrogen-bond acceptors (Lipinski definition) is 4. The highest BCUT2D eigenvalue weighted by atomic mass is 19.1. The van der Waals surface area contributed by atoms with Gasteiger partial charge in [0.1, 0.15) is 11.6 Å². The maximum absolute atomic E-state index is 12.9. The Hall–Kier alpha value is -3.48. The number of hydrogen-bond donors (Lipinski definition) is 0. The first-order chi connectivity index (χ1) is 13.2. The summed E-state index contributed by atoms with van der Waals surface area (Å²) in [5.41, 5.74) is 0.823. The summed E-state index contributed by atoms with van der Waals surface area (Å²) in [5.74, 6) is 0.247. The molecular formula is C20H18FN3O3. The van der Waals surface area contributed by atoms with Gasteiger partial charge in [-0.25, -0.2) is 13.9 Å². The van der Waals surface area contributed by atoms with Crippen LogP contribution in [0.5, 0.6) is 11.6 Å². The summed E-state index contributed by atoms with van der Waals surface area (Å²) >= 11 is 0. The summed E-state index contributed by atoms with van der Waals surface area (Å²) < 4.78 is 25.3. The van der Waals surface area contributed by atoms with E-state index in [9.17, 15) is 9.18 Å². The highest BCUT2D eigenvalue weighted by molar-refractivity contribution is 5.71. The molecule has 6 nitrogen and oxygen atoms in total. The lowest BCUT2D eigenvalue weighted by Gasteiger charge is -2.12. The Morgan fingerprint density at radius 2 is 1.89 bits per heavy atom. The third-order valence-electron chi connectivity index (χ3n) is 3.48. The van der Waals surface area contributed by atoms with Crippen LogP contribution in [0.25, 0.3) is 5.69 Å². The molecule has 7 heteroatoms. The average molecular weight is 367 g/mol. The molecule has 27 heavy (non-hydrogen) atoms. The van der Waals surface area contributed by atoms with Crippen LogP contribution in [0.4, 0.5) is 9.18 Å². The molecule has 3 aromatic rings. The number of halogens is 1. The number of aromatic nitrogens is 2. The van der Waals surface area contributed by atoms with Gasteiger partial charge in [0.15, 0.2) is 0 Å². The van der Waals surface area contributed by atoms with Gasteiger partial charge in [0.05, 0.1) is 23.8 Å². The van der Waals surface area contributed by atoms with Gasteiger partial charge < -0.3 is 9.47 Å². The van der Waals surface area contributed by atoms with Crippen LogP contribution >= 0.6 is 0 Å². The van der Waals surface area contributed by atoms with Gasteiger partial charge in [-0.2, -0.15) is 10.1 Å². The maximum Gasteiger partial charge on any atom is 0.439 e. The van der Waals surface area contributed by atoms with Gasteiger partial charge in [-0.15, -0.1) is 0 Å². The normalized spacial score (nSPS) is 11.3.